The second-order valence-corrected chi connectivity index (χ2v) is 10.2. The zero-order chi connectivity index (χ0) is 10.7. The van der Waals surface area contributed by atoms with Crippen LogP contribution in [0.5, 0.6) is 0 Å². The largest absolute Gasteiger partial charge is 0.488 e. The lowest BCUT2D eigenvalue weighted by molar-refractivity contribution is 0.126. The van der Waals surface area contributed by atoms with Crippen molar-refractivity contribution in [2.24, 2.45) is 0 Å². The molecule has 1 atom stereocenters. The topological polar surface area (TPSA) is 36.9 Å². The highest BCUT2D eigenvalue weighted by atomic mass is 28.5. The van der Waals surface area contributed by atoms with E-state index in [4.69, 9.17) is 17.4 Å². The zero-order valence-corrected chi connectivity index (χ0v) is 11.5. The number of hydrogen-bond acceptors (Lipinski definition) is 4. The maximum Gasteiger partial charge on any atom is 0.488 e. The van der Waals surface area contributed by atoms with Crippen LogP contribution in [0.3, 0.4) is 0 Å². The van der Waals surface area contributed by atoms with E-state index in [0.29, 0.717) is 0 Å². The van der Waals surface area contributed by atoms with Crippen molar-refractivity contribution in [3.8, 4) is 0 Å². The Labute approximate surface area is 88.1 Å². The Morgan fingerprint density at radius 3 is 2.29 bits per heavy atom. The van der Waals surface area contributed by atoms with Gasteiger partial charge in [-0.15, -0.1) is 0 Å². The molecule has 0 spiro atoms. The summed E-state index contributed by atoms with van der Waals surface area (Å²) in [6.45, 7) is 4.82. The van der Waals surface area contributed by atoms with Gasteiger partial charge in [0.25, 0.3) is 0 Å². The number of hydrogen-bond donors (Lipinski definition) is 0. The highest BCUT2D eigenvalue weighted by Gasteiger charge is 2.44. The van der Waals surface area contributed by atoms with E-state index in [1.54, 1.807) is 14.2 Å². The van der Waals surface area contributed by atoms with Gasteiger partial charge in [0.05, 0.1) is 0 Å². The van der Waals surface area contributed by atoms with Gasteiger partial charge in [0, 0.05) is 27.4 Å². The molecule has 0 bridgehead atoms. The first-order valence-corrected chi connectivity index (χ1v) is 9.73. The van der Waals surface area contributed by atoms with Crippen LogP contribution in [0.2, 0.25) is 19.1 Å². The Bertz CT molecular complexity index is 178. The molecule has 0 aromatic carbocycles. The summed E-state index contributed by atoms with van der Waals surface area (Å²) < 4.78 is 22.3. The Kier molecular flexibility index (Phi) is 4.29. The fourth-order valence-corrected chi connectivity index (χ4v) is 7.78. The van der Waals surface area contributed by atoms with Crippen molar-refractivity contribution in [2.75, 3.05) is 20.8 Å². The van der Waals surface area contributed by atoms with Crippen molar-refractivity contribution < 1.29 is 17.4 Å². The molecule has 1 aliphatic rings. The van der Waals surface area contributed by atoms with Crippen molar-refractivity contribution in [3.63, 3.8) is 0 Å². The molecule has 1 unspecified atom stereocenters. The zero-order valence-electron chi connectivity index (χ0n) is 9.46. The van der Waals surface area contributed by atoms with E-state index >= 15 is 0 Å². The molecule has 84 valence electrons. The van der Waals surface area contributed by atoms with Gasteiger partial charge < -0.3 is 17.4 Å². The first kappa shape index (κ1) is 12.3. The van der Waals surface area contributed by atoms with Crippen LogP contribution in [0.15, 0.2) is 0 Å². The Morgan fingerprint density at radius 2 is 1.86 bits per heavy atom. The van der Waals surface area contributed by atoms with Gasteiger partial charge in [-0.3, -0.25) is 0 Å². The van der Waals surface area contributed by atoms with Crippen LogP contribution in [0.4, 0.5) is 0 Å². The third-order valence-electron chi connectivity index (χ3n) is 2.58. The van der Waals surface area contributed by atoms with E-state index in [9.17, 15) is 0 Å². The molecule has 0 aromatic rings. The quantitative estimate of drug-likeness (QED) is 0.697. The van der Waals surface area contributed by atoms with Gasteiger partial charge in [-0.1, -0.05) is 0 Å². The number of rotatable bonds is 4. The minimum atomic E-state index is -2.42. The maximum absolute atomic E-state index is 5.98. The highest BCUT2D eigenvalue weighted by Crippen LogP contribution is 2.26. The van der Waals surface area contributed by atoms with E-state index in [1.165, 1.54) is 6.42 Å². The van der Waals surface area contributed by atoms with Crippen molar-refractivity contribution in [1.82, 2.24) is 0 Å². The summed E-state index contributed by atoms with van der Waals surface area (Å²) in [5, 5.41) is 0. The Morgan fingerprint density at radius 1 is 1.21 bits per heavy atom. The molecule has 1 heterocycles. The van der Waals surface area contributed by atoms with Crippen LogP contribution >= 0.6 is 0 Å². The third kappa shape index (κ3) is 3.14. The van der Waals surface area contributed by atoms with Crippen LogP contribution in [-0.2, 0) is 17.4 Å². The lowest BCUT2D eigenvalue weighted by Gasteiger charge is -2.36. The molecular weight excluding hydrogens is 216 g/mol. The lowest BCUT2D eigenvalue weighted by Crippen LogP contribution is -2.54. The molecule has 14 heavy (non-hydrogen) atoms. The molecular formula is C8H20O4Si2. The minimum absolute atomic E-state index is 0.820. The molecule has 1 rings (SSSR count). The van der Waals surface area contributed by atoms with Gasteiger partial charge >= 0.3 is 17.4 Å². The first-order valence-electron chi connectivity index (χ1n) is 4.98. The lowest BCUT2D eigenvalue weighted by atomic mass is 10.4. The fourth-order valence-electron chi connectivity index (χ4n) is 1.55. The van der Waals surface area contributed by atoms with Gasteiger partial charge in [0.1, 0.15) is 0 Å². The minimum Gasteiger partial charge on any atom is -0.395 e. The van der Waals surface area contributed by atoms with E-state index in [1.807, 2.05) is 6.55 Å². The van der Waals surface area contributed by atoms with Gasteiger partial charge in [0.15, 0.2) is 0 Å². The second kappa shape index (κ2) is 4.86. The molecule has 0 amide bonds. The predicted octanol–water partition coefficient (Wildman–Crippen LogP) is 1.75. The van der Waals surface area contributed by atoms with Crippen LogP contribution in [0.25, 0.3) is 0 Å². The molecule has 1 saturated heterocycles. The molecule has 0 saturated carbocycles. The second-order valence-electron chi connectivity index (χ2n) is 3.81. The highest BCUT2D eigenvalue weighted by molar-refractivity contribution is 6.77. The average Bonchev–Trinajstić information content (AvgIpc) is 2.18. The fraction of sp³-hybridized carbons (Fsp3) is 1.00. The summed E-state index contributed by atoms with van der Waals surface area (Å²) in [5.41, 5.74) is 0. The summed E-state index contributed by atoms with van der Waals surface area (Å²) in [5.74, 6) is 0. The molecule has 1 aliphatic heterocycles. The Hall–Kier alpha value is 0.274. The smallest absolute Gasteiger partial charge is 0.395 e. The molecule has 1 fully saturated rings. The van der Waals surface area contributed by atoms with Crippen molar-refractivity contribution in [1.29, 1.82) is 0 Å². The maximum atomic E-state index is 5.98. The average molecular weight is 236 g/mol. The summed E-state index contributed by atoms with van der Waals surface area (Å²) in [4.78, 5) is 0. The van der Waals surface area contributed by atoms with Crippen LogP contribution in [0.1, 0.15) is 12.8 Å². The SMILES string of the molecule is CO[Si](C)(OC)O[Si]1(C)CCCCO1. The van der Waals surface area contributed by atoms with E-state index < -0.39 is 17.4 Å². The summed E-state index contributed by atoms with van der Waals surface area (Å²) in [6.07, 6.45) is 2.34. The molecule has 0 aromatic heterocycles. The standard InChI is InChI=1S/C8H20O4Si2/c1-9-14(4,10-2)12-13(3)8-6-5-7-11-13/h5-8H2,1-4H3. The normalized spacial score (nSPS) is 29.1. The summed E-state index contributed by atoms with van der Waals surface area (Å²) >= 11 is 0. The molecule has 0 radical (unpaired) electrons. The van der Waals surface area contributed by atoms with E-state index in [-0.39, 0.29) is 0 Å². The van der Waals surface area contributed by atoms with Crippen LogP contribution in [-0.4, -0.2) is 38.2 Å². The molecule has 6 heteroatoms. The van der Waals surface area contributed by atoms with E-state index in [0.717, 1.165) is 19.1 Å². The van der Waals surface area contributed by atoms with Gasteiger partial charge in [-0.05, 0) is 25.4 Å². The summed E-state index contributed by atoms with van der Waals surface area (Å²) in [7, 11) is -1.15. The molecule has 0 aliphatic carbocycles. The molecule has 4 nitrogen and oxygen atoms in total. The van der Waals surface area contributed by atoms with Gasteiger partial charge in [-0.2, -0.15) is 0 Å². The van der Waals surface area contributed by atoms with Crippen molar-refractivity contribution >= 4 is 17.4 Å². The predicted molar refractivity (Wildman–Crippen MR) is 58.3 cm³/mol. The summed E-state index contributed by atoms with van der Waals surface area (Å²) in [6, 6.07) is 1.04. The van der Waals surface area contributed by atoms with Crippen molar-refractivity contribution in [2.45, 2.75) is 32.0 Å². The first-order chi connectivity index (χ1) is 6.54. The Balaban J connectivity index is 2.55. The third-order valence-corrected chi connectivity index (χ3v) is 9.35. The van der Waals surface area contributed by atoms with Gasteiger partial charge in [0.2, 0.25) is 0 Å². The van der Waals surface area contributed by atoms with Crippen LogP contribution < -0.4 is 0 Å². The van der Waals surface area contributed by atoms with Crippen LogP contribution in [0, 0.1) is 0 Å². The molecule has 0 N–H and O–H groups in total. The monoisotopic (exact) mass is 236 g/mol. The van der Waals surface area contributed by atoms with E-state index in [2.05, 4.69) is 6.55 Å². The van der Waals surface area contributed by atoms with Crippen molar-refractivity contribution in [3.05, 3.63) is 0 Å². The van der Waals surface area contributed by atoms with Gasteiger partial charge in [-0.25, -0.2) is 0 Å².